The van der Waals surface area contributed by atoms with Gasteiger partial charge in [-0.25, -0.2) is 9.78 Å². The lowest BCUT2D eigenvalue weighted by Gasteiger charge is -1.96. The summed E-state index contributed by atoms with van der Waals surface area (Å²) in [6.07, 6.45) is 1.23. The Balaban J connectivity index is 2.77. The number of nitrogens with zero attached hydrogens (tertiary/aromatic N) is 1. The maximum Gasteiger partial charge on any atom is 0.335 e. The van der Waals surface area contributed by atoms with Crippen molar-refractivity contribution in [2.45, 2.75) is 0 Å². The summed E-state index contributed by atoms with van der Waals surface area (Å²) < 4.78 is 4.94. The van der Waals surface area contributed by atoms with E-state index in [2.05, 4.69) is 4.98 Å². The maximum atomic E-state index is 10.6. The van der Waals surface area contributed by atoms with E-state index in [0.717, 1.165) is 0 Å². The molecule has 1 heterocycles. The third-order valence-corrected chi connectivity index (χ3v) is 1.71. The molecular formula is C8H6N2O3. The number of carboxylic acid groups (broad SMARTS) is 1. The van der Waals surface area contributed by atoms with E-state index >= 15 is 0 Å². The Morgan fingerprint density at radius 3 is 3.00 bits per heavy atom. The number of aromatic nitrogens is 1. The number of benzene rings is 1. The van der Waals surface area contributed by atoms with Crippen molar-refractivity contribution in [2.75, 3.05) is 5.73 Å². The smallest absolute Gasteiger partial charge is 0.335 e. The van der Waals surface area contributed by atoms with Crippen LogP contribution in [0.3, 0.4) is 0 Å². The number of nitrogens with two attached hydrogens (primary N) is 1. The van der Waals surface area contributed by atoms with Crippen LogP contribution in [-0.2, 0) is 0 Å². The van der Waals surface area contributed by atoms with Gasteiger partial charge >= 0.3 is 5.97 Å². The van der Waals surface area contributed by atoms with Crippen molar-refractivity contribution in [2.24, 2.45) is 0 Å². The Kier molecular flexibility index (Phi) is 1.45. The van der Waals surface area contributed by atoms with Crippen molar-refractivity contribution in [3.63, 3.8) is 0 Å². The molecular weight excluding hydrogens is 172 g/mol. The van der Waals surface area contributed by atoms with Crippen LogP contribution < -0.4 is 5.73 Å². The van der Waals surface area contributed by atoms with Crippen LogP contribution in [0.2, 0.25) is 0 Å². The lowest BCUT2D eigenvalue weighted by Crippen LogP contribution is -1.98. The maximum absolute atomic E-state index is 10.6. The number of fused-ring (bicyclic) bond motifs is 1. The second-order valence-corrected chi connectivity index (χ2v) is 2.57. The van der Waals surface area contributed by atoms with Gasteiger partial charge in [-0.3, -0.25) is 0 Å². The van der Waals surface area contributed by atoms with Gasteiger partial charge < -0.3 is 15.3 Å². The molecule has 0 amide bonds. The summed E-state index contributed by atoms with van der Waals surface area (Å²) in [5.41, 5.74) is 6.84. The van der Waals surface area contributed by atoms with Gasteiger partial charge in [-0.1, -0.05) is 0 Å². The summed E-state index contributed by atoms with van der Waals surface area (Å²) in [7, 11) is 0. The fourth-order valence-electron chi connectivity index (χ4n) is 1.12. The largest absolute Gasteiger partial charge is 0.478 e. The quantitative estimate of drug-likeness (QED) is 0.638. The zero-order valence-corrected chi connectivity index (χ0v) is 6.52. The molecule has 13 heavy (non-hydrogen) atoms. The molecule has 0 bridgehead atoms. The highest BCUT2D eigenvalue weighted by Gasteiger charge is 2.09. The molecule has 0 fully saturated rings. The first kappa shape index (κ1) is 7.60. The molecule has 0 spiro atoms. The van der Waals surface area contributed by atoms with Crippen LogP contribution in [0.5, 0.6) is 0 Å². The highest BCUT2D eigenvalue weighted by Crippen LogP contribution is 2.21. The van der Waals surface area contributed by atoms with Crippen LogP contribution in [0.25, 0.3) is 11.1 Å². The van der Waals surface area contributed by atoms with Crippen LogP contribution in [0, 0.1) is 0 Å². The fraction of sp³-hybridized carbons (Fsp3) is 0. The summed E-state index contributed by atoms with van der Waals surface area (Å²) in [5, 5.41) is 8.69. The number of carbonyl (C=O) groups is 1. The zero-order valence-electron chi connectivity index (χ0n) is 6.52. The Hall–Kier alpha value is -2.04. The molecule has 3 N–H and O–H groups in total. The Bertz CT molecular complexity index is 475. The van der Waals surface area contributed by atoms with Gasteiger partial charge in [-0.15, -0.1) is 0 Å². The number of anilines is 1. The van der Waals surface area contributed by atoms with Gasteiger partial charge in [-0.2, -0.15) is 0 Å². The number of carboxylic acids is 1. The minimum absolute atomic E-state index is 0.0988. The lowest BCUT2D eigenvalue weighted by molar-refractivity contribution is 0.0697. The van der Waals surface area contributed by atoms with Crippen molar-refractivity contribution in [3.8, 4) is 0 Å². The molecule has 5 nitrogen and oxygen atoms in total. The van der Waals surface area contributed by atoms with Gasteiger partial charge in [0.05, 0.1) is 11.3 Å². The molecule has 0 unspecified atom stereocenters. The van der Waals surface area contributed by atoms with Crippen LogP contribution in [0.4, 0.5) is 5.69 Å². The number of rotatable bonds is 1. The van der Waals surface area contributed by atoms with E-state index in [9.17, 15) is 4.79 Å². The first-order chi connectivity index (χ1) is 6.18. The van der Waals surface area contributed by atoms with Crippen LogP contribution >= 0.6 is 0 Å². The molecule has 66 valence electrons. The van der Waals surface area contributed by atoms with Crippen molar-refractivity contribution in [1.29, 1.82) is 0 Å². The van der Waals surface area contributed by atoms with Crippen molar-refractivity contribution >= 4 is 22.8 Å². The molecule has 2 aromatic rings. The van der Waals surface area contributed by atoms with Gasteiger partial charge in [0.25, 0.3) is 0 Å². The summed E-state index contributed by atoms with van der Waals surface area (Å²) >= 11 is 0. The van der Waals surface area contributed by atoms with Crippen LogP contribution in [0.1, 0.15) is 10.4 Å². The van der Waals surface area contributed by atoms with E-state index in [-0.39, 0.29) is 5.56 Å². The van der Waals surface area contributed by atoms with Crippen LogP contribution in [-0.4, -0.2) is 16.1 Å². The number of hydrogen-bond acceptors (Lipinski definition) is 4. The Labute approximate surface area is 72.8 Å². The summed E-state index contributed by atoms with van der Waals surface area (Å²) in [4.78, 5) is 14.4. The van der Waals surface area contributed by atoms with Gasteiger partial charge in [0.1, 0.15) is 5.52 Å². The second kappa shape index (κ2) is 2.48. The predicted molar refractivity (Wildman–Crippen MR) is 45.4 cm³/mol. The molecule has 0 aliphatic rings. The van der Waals surface area contributed by atoms with Gasteiger partial charge in [0, 0.05) is 0 Å². The molecule has 0 saturated heterocycles. The fourth-order valence-corrected chi connectivity index (χ4v) is 1.12. The molecule has 0 aliphatic carbocycles. The lowest BCUT2D eigenvalue weighted by atomic mass is 10.2. The first-order valence-corrected chi connectivity index (χ1v) is 3.54. The van der Waals surface area contributed by atoms with E-state index < -0.39 is 5.97 Å². The average Bonchev–Trinajstić information content (AvgIpc) is 2.51. The molecule has 1 aromatic heterocycles. The molecule has 0 saturated carbocycles. The highest BCUT2D eigenvalue weighted by molar-refractivity contribution is 5.96. The van der Waals surface area contributed by atoms with E-state index in [1.54, 1.807) is 0 Å². The van der Waals surface area contributed by atoms with Gasteiger partial charge in [0.2, 0.25) is 0 Å². The average molecular weight is 178 g/mol. The molecule has 1 aromatic carbocycles. The number of hydrogen-bond donors (Lipinski definition) is 2. The van der Waals surface area contributed by atoms with E-state index in [0.29, 0.717) is 16.8 Å². The minimum Gasteiger partial charge on any atom is -0.478 e. The second-order valence-electron chi connectivity index (χ2n) is 2.57. The predicted octanol–water partition coefficient (Wildman–Crippen LogP) is 1.11. The van der Waals surface area contributed by atoms with E-state index in [1.807, 2.05) is 0 Å². The normalized spacial score (nSPS) is 10.5. The first-order valence-electron chi connectivity index (χ1n) is 3.54. The number of nitrogen functional groups attached to an aromatic ring is 1. The van der Waals surface area contributed by atoms with Gasteiger partial charge in [0.15, 0.2) is 12.0 Å². The minimum atomic E-state index is -1.04. The van der Waals surface area contributed by atoms with Gasteiger partial charge in [-0.05, 0) is 12.1 Å². The standard InChI is InChI=1S/C8H6N2O3/c9-5-1-4(8(11)12)2-6-7(5)10-3-13-6/h1-3H,9H2,(H,11,12). The summed E-state index contributed by atoms with van der Waals surface area (Å²) in [6, 6.07) is 2.74. The SMILES string of the molecule is Nc1cc(C(=O)O)cc2ocnc12. The topological polar surface area (TPSA) is 89.4 Å². The molecule has 0 aliphatic heterocycles. The molecule has 0 atom stereocenters. The molecule has 0 radical (unpaired) electrons. The summed E-state index contributed by atoms with van der Waals surface area (Å²) in [5.74, 6) is -1.04. The van der Waals surface area contributed by atoms with E-state index in [1.165, 1.54) is 18.5 Å². The summed E-state index contributed by atoms with van der Waals surface area (Å²) in [6.45, 7) is 0. The third-order valence-electron chi connectivity index (χ3n) is 1.71. The monoisotopic (exact) mass is 178 g/mol. The van der Waals surface area contributed by atoms with E-state index in [4.69, 9.17) is 15.3 Å². The number of oxazole rings is 1. The van der Waals surface area contributed by atoms with Crippen molar-refractivity contribution in [3.05, 3.63) is 24.1 Å². The highest BCUT2D eigenvalue weighted by atomic mass is 16.4. The third kappa shape index (κ3) is 1.10. The Morgan fingerprint density at radius 1 is 1.54 bits per heavy atom. The van der Waals surface area contributed by atoms with Crippen molar-refractivity contribution < 1.29 is 14.3 Å². The number of aromatic carboxylic acids is 1. The Morgan fingerprint density at radius 2 is 2.31 bits per heavy atom. The van der Waals surface area contributed by atoms with Crippen molar-refractivity contribution in [1.82, 2.24) is 4.98 Å². The molecule has 5 heteroatoms. The zero-order chi connectivity index (χ0) is 9.42. The molecule has 2 rings (SSSR count). The van der Waals surface area contributed by atoms with Crippen LogP contribution in [0.15, 0.2) is 22.9 Å².